The molecule has 2 saturated heterocycles. The van der Waals surface area contributed by atoms with Crippen molar-refractivity contribution < 1.29 is 22.7 Å². The lowest BCUT2D eigenvalue weighted by Crippen LogP contribution is -2.37. The maximum Gasteiger partial charge on any atom is 0.418 e. The normalized spacial score (nSPS) is 18.0. The van der Waals surface area contributed by atoms with Gasteiger partial charge in [-0.2, -0.15) is 13.2 Å². The van der Waals surface area contributed by atoms with Gasteiger partial charge in [0.25, 0.3) is 0 Å². The van der Waals surface area contributed by atoms with Crippen molar-refractivity contribution in [1.82, 2.24) is 15.3 Å². The molecule has 1 aromatic heterocycles. The number of nitrogens with zero attached hydrogens (tertiary/aromatic N) is 3. The average Bonchev–Trinajstić information content (AvgIpc) is 3.45. The predicted octanol–water partition coefficient (Wildman–Crippen LogP) is 4.43. The van der Waals surface area contributed by atoms with Gasteiger partial charge >= 0.3 is 6.18 Å². The molecule has 0 spiro atoms. The average molecular weight is 513 g/mol. The molecular weight excluding hydrogens is 485 g/mol. The van der Waals surface area contributed by atoms with Crippen LogP contribution in [0.3, 0.4) is 0 Å². The largest absolute Gasteiger partial charge is 0.418 e. The molecule has 2 aliphatic rings. The van der Waals surface area contributed by atoms with Crippen LogP contribution in [0.25, 0.3) is 11.3 Å². The van der Waals surface area contributed by atoms with Crippen LogP contribution in [0.5, 0.6) is 0 Å². The molecular formula is C26H27F3N6O2. The van der Waals surface area contributed by atoms with E-state index < -0.39 is 11.7 Å². The summed E-state index contributed by atoms with van der Waals surface area (Å²) >= 11 is 0. The fourth-order valence-electron chi connectivity index (χ4n) is 4.49. The van der Waals surface area contributed by atoms with Crippen LogP contribution in [-0.4, -0.2) is 54.8 Å². The number of halogens is 3. The highest BCUT2D eigenvalue weighted by Gasteiger charge is 2.35. The summed E-state index contributed by atoms with van der Waals surface area (Å²) in [6.07, 6.45) is -1.17. The molecule has 1 unspecified atom stereocenters. The second-order valence-electron chi connectivity index (χ2n) is 8.94. The first-order valence-corrected chi connectivity index (χ1v) is 12.2. The molecule has 3 heterocycles. The highest BCUT2D eigenvalue weighted by molar-refractivity contribution is 5.95. The minimum atomic E-state index is -4.51. The second-order valence-corrected chi connectivity index (χ2v) is 8.94. The number of benzene rings is 2. The van der Waals surface area contributed by atoms with Crippen molar-refractivity contribution in [2.45, 2.75) is 25.1 Å². The number of anilines is 4. The van der Waals surface area contributed by atoms with E-state index in [4.69, 9.17) is 4.74 Å². The van der Waals surface area contributed by atoms with E-state index >= 15 is 0 Å². The third-order valence-corrected chi connectivity index (χ3v) is 6.39. The second kappa shape index (κ2) is 10.7. The molecule has 0 radical (unpaired) electrons. The smallest absolute Gasteiger partial charge is 0.378 e. The summed E-state index contributed by atoms with van der Waals surface area (Å²) in [5.41, 5.74) is 1.69. The quantitative estimate of drug-likeness (QED) is 0.450. The minimum absolute atomic E-state index is 0.0587. The molecule has 8 nitrogen and oxygen atoms in total. The molecule has 11 heteroatoms. The van der Waals surface area contributed by atoms with Gasteiger partial charge in [0.15, 0.2) is 0 Å². The van der Waals surface area contributed by atoms with Crippen molar-refractivity contribution in [3.8, 4) is 11.3 Å². The molecule has 5 rings (SSSR count). The standard InChI is InChI=1S/C26H27F3N6O2/c27-26(28,29)20-16-19(7-8-23(20)35-12-14-37-15-13-35)33-25-31-11-9-21(34-25)17-3-5-18(6-4-17)32-24(36)22-2-1-10-30-22/h3-9,11,16,22,30H,1-2,10,12-15H2,(H,32,36)(H,31,33,34). The van der Waals surface area contributed by atoms with Crippen LogP contribution < -0.4 is 20.9 Å². The summed E-state index contributed by atoms with van der Waals surface area (Å²) < 4.78 is 46.8. The zero-order chi connectivity index (χ0) is 25.8. The first kappa shape index (κ1) is 25.0. The van der Waals surface area contributed by atoms with Gasteiger partial charge in [0.1, 0.15) is 0 Å². The van der Waals surface area contributed by atoms with Gasteiger partial charge in [-0.3, -0.25) is 4.79 Å². The van der Waals surface area contributed by atoms with E-state index in [1.807, 2.05) is 12.1 Å². The van der Waals surface area contributed by atoms with E-state index in [9.17, 15) is 18.0 Å². The number of hydrogen-bond acceptors (Lipinski definition) is 7. The van der Waals surface area contributed by atoms with Gasteiger partial charge in [0.05, 0.1) is 30.5 Å². The van der Waals surface area contributed by atoms with Crippen LogP contribution in [0.15, 0.2) is 54.7 Å². The zero-order valence-electron chi connectivity index (χ0n) is 20.0. The van der Waals surface area contributed by atoms with Gasteiger partial charge < -0.3 is 25.6 Å². The van der Waals surface area contributed by atoms with Gasteiger partial charge in [-0.05, 0) is 55.8 Å². The maximum absolute atomic E-state index is 13.9. The molecule has 194 valence electrons. The van der Waals surface area contributed by atoms with Gasteiger partial charge in [0.2, 0.25) is 11.9 Å². The number of carbonyl (C=O) groups excluding carboxylic acids is 1. The summed E-state index contributed by atoms with van der Waals surface area (Å²) in [6.45, 7) is 2.44. The maximum atomic E-state index is 13.9. The number of ether oxygens (including phenoxy) is 1. The Labute approximate surface area is 212 Å². The zero-order valence-corrected chi connectivity index (χ0v) is 20.0. The Morgan fingerprint density at radius 1 is 1.05 bits per heavy atom. The Morgan fingerprint density at radius 2 is 1.81 bits per heavy atom. The topological polar surface area (TPSA) is 91.4 Å². The molecule has 1 amide bonds. The lowest BCUT2D eigenvalue weighted by Gasteiger charge is -2.31. The minimum Gasteiger partial charge on any atom is -0.378 e. The number of alkyl halides is 3. The van der Waals surface area contributed by atoms with Crippen LogP contribution in [0.2, 0.25) is 0 Å². The van der Waals surface area contributed by atoms with Gasteiger partial charge in [-0.15, -0.1) is 0 Å². The van der Waals surface area contributed by atoms with Crippen molar-refractivity contribution in [1.29, 1.82) is 0 Å². The van der Waals surface area contributed by atoms with Crippen LogP contribution in [-0.2, 0) is 15.7 Å². The number of amides is 1. The van der Waals surface area contributed by atoms with Crippen molar-refractivity contribution in [2.75, 3.05) is 48.4 Å². The lowest BCUT2D eigenvalue weighted by atomic mass is 10.1. The third kappa shape index (κ3) is 6.00. The SMILES string of the molecule is O=C(Nc1ccc(-c2ccnc(Nc3ccc(N4CCOCC4)c(C(F)(F)F)c3)n2)cc1)C1CCCN1. The first-order chi connectivity index (χ1) is 17.9. The van der Waals surface area contributed by atoms with E-state index in [1.54, 1.807) is 35.4 Å². The Kier molecular flexibility index (Phi) is 7.24. The molecule has 1 atom stereocenters. The highest BCUT2D eigenvalue weighted by Crippen LogP contribution is 2.39. The molecule has 0 aliphatic carbocycles. The summed E-state index contributed by atoms with van der Waals surface area (Å²) in [6, 6.07) is 12.9. The van der Waals surface area contributed by atoms with E-state index in [1.165, 1.54) is 6.07 Å². The van der Waals surface area contributed by atoms with Crippen molar-refractivity contribution in [3.05, 3.63) is 60.3 Å². The van der Waals surface area contributed by atoms with Crippen molar-refractivity contribution >= 4 is 28.9 Å². The molecule has 37 heavy (non-hydrogen) atoms. The predicted molar refractivity (Wildman–Crippen MR) is 135 cm³/mol. The molecule has 0 bridgehead atoms. The molecule has 2 fully saturated rings. The van der Waals surface area contributed by atoms with Crippen LogP contribution in [0.4, 0.5) is 36.2 Å². The van der Waals surface area contributed by atoms with Gasteiger partial charge in [0, 0.05) is 41.9 Å². The Hall–Kier alpha value is -3.70. The van der Waals surface area contributed by atoms with Gasteiger partial charge in [-0.25, -0.2) is 9.97 Å². The van der Waals surface area contributed by atoms with E-state index in [2.05, 4.69) is 25.9 Å². The Balaban J connectivity index is 1.31. The summed E-state index contributed by atoms with van der Waals surface area (Å²) in [7, 11) is 0. The molecule has 2 aliphatic heterocycles. The lowest BCUT2D eigenvalue weighted by molar-refractivity contribution is -0.137. The Bertz CT molecular complexity index is 1240. The monoisotopic (exact) mass is 512 g/mol. The molecule has 2 aromatic carbocycles. The fourth-order valence-corrected chi connectivity index (χ4v) is 4.49. The fraction of sp³-hybridized carbons (Fsp3) is 0.346. The number of nitrogens with one attached hydrogen (secondary N) is 3. The van der Waals surface area contributed by atoms with Crippen molar-refractivity contribution in [2.24, 2.45) is 0 Å². The summed E-state index contributed by atoms with van der Waals surface area (Å²) in [5, 5.41) is 8.96. The Morgan fingerprint density at radius 3 is 2.51 bits per heavy atom. The van der Waals surface area contributed by atoms with Gasteiger partial charge in [-0.1, -0.05) is 12.1 Å². The first-order valence-electron chi connectivity index (χ1n) is 12.2. The highest BCUT2D eigenvalue weighted by atomic mass is 19.4. The van der Waals surface area contributed by atoms with Crippen LogP contribution in [0, 0.1) is 0 Å². The molecule has 0 saturated carbocycles. The van der Waals surface area contributed by atoms with E-state index in [0.29, 0.717) is 37.7 Å². The van der Waals surface area contributed by atoms with Crippen LogP contribution >= 0.6 is 0 Å². The van der Waals surface area contributed by atoms with E-state index in [0.717, 1.165) is 31.0 Å². The molecule has 3 aromatic rings. The number of carbonyl (C=O) groups is 1. The third-order valence-electron chi connectivity index (χ3n) is 6.39. The number of morpholine rings is 1. The number of rotatable bonds is 6. The van der Waals surface area contributed by atoms with Crippen molar-refractivity contribution in [3.63, 3.8) is 0 Å². The number of hydrogen-bond donors (Lipinski definition) is 3. The number of aromatic nitrogens is 2. The van der Waals surface area contributed by atoms with Crippen LogP contribution in [0.1, 0.15) is 18.4 Å². The van der Waals surface area contributed by atoms with E-state index in [-0.39, 0.29) is 29.3 Å². The summed E-state index contributed by atoms with van der Waals surface area (Å²) in [5.74, 6) is 0.117. The summed E-state index contributed by atoms with van der Waals surface area (Å²) in [4.78, 5) is 22.6. The molecule has 3 N–H and O–H groups in total.